The van der Waals surface area contributed by atoms with Gasteiger partial charge in [-0.2, -0.15) is 0 Å². The van der Waals surface area contributed by atoms with E-state index in [1.54, 1.807) is 32.0 Å². The minimum absolute atomic E-state index is 0.105. The Morgan fingerprint density at radius 3 is 2.63 bits per heavy atom. The van der Waals surface area contributed by atoms with Crippen molar-refractivity contribution in [1.29, 1.82) is 0 Å². The molecule has 0 radical (unpaired) electrons. The summed E-state index contributed by atoms with van der Waals surface area (Å²) in [6.45, 7) is 6.23. The molecule has 1 aromatic heterocycles. The first-order valence-electron chi connectivity index (χ1n) is 9.75. The maximum atomic E-state index is 12.8. The number of unbranched alkanes of at least 4 members (excludes halogenated alkanes) is 1. The monoisotopic (exact) mass is 432 g/mol. The zero-order valence-electron chi connectivity index (χ0n) is 17.1. The lowest BCUT2D eigenvalue weighted by Gasteiger charge is -2.07. The molecule has 2 N–H and O–H groups in total. The largest absolute Gasteiger partial charge is 0.462 e. The van der Waals surface area contributed by atoms with Crippen LogP contribution in [0.3, 0.4) is 0 Å². The van der Waals surface area contributed by atoms with E-state index in [0.29, 0.717) is 34.0 Å². The van der Waals surface area contributed by atoms with E-state index in [9.17, 15) is 14.4 Å². The Labute approximate surface area is 178 Å². The average Bonchev–Trinajstić information content (AvgIpc) is 3.31. The van der Waals surface area contributed by atoms with Crippen molar-refractivity contribution in [2.45, 2.75) is 33.6 Å². The van der Waals surface area contributed by atoms with Crippen molar-refractivity contribution in [3.63, 3.8) is 0 Å². The standard InChI is InChI=1S/C21H24N2O6S/c1-4-6-9-22-19(25)17-12(3)16(21(26)27-5-2)20(30-17)23-18(24)13-7-8-14-15(10-13)29-11-28-14/h7-8,10H,4-6,9,11H2,1-3H3,(H,22,25)(H,23,24). The van der Waals surface area contributed by atoms with E-state index in [0.717, 1.165) is 24.2 Å². The molecule has 0 bridgehead atoms. The second kappa shape index (κ2) is 9.62. The highest BCUT2D eigenvalue weighted by Gasteiger charge is 2.27. The molecule has 0 saturated carbocycles. The maximum absolute atomic E-state index is 12.8. The number of hydrogen-bond donors (Lipinski definition) is 2. The minimum Gasteiger partial charge on any atom is -0.462 e. The SMILES string of the molecule is CCCCNC(=O)c1sc(NC(=O)c2ccc3c(c2)OCO3)c(C(=O)OCC)c1C. The first-order valence-corrected chi connectivity index (χ1v) is 10.6. The van der Waals surface area contributed by atoms with Gasteiger partial charge in [0.15, 0.2) is 11.5 Å². The van der Waals surface area contributed by atoms with Crippen LogP contribution in [0, 0.1) is 6.92 Å². The van der Waals surface area contributed by atoms with Gasteiger partial charge in [0.25, 0.3) is 11.8 Å². The lowest BCUT2D eigenvalue weighted by atomic mass is 10.1. The Bertz CT molecular complexity index is 969. The molecule has 2 amide bonds. The van der Waals surface area contributed by atoms with Crippen LogP contribution >= 0.6 is 11.3 Å². The molecular weight excluding hydrogens is 408 g/mol. The third-order valence-electron chi connectivity index (χ3n) is 4.51. The lowest BCUT2D eigenvalue weighted by molar-refractivity contribution is 0.0527. The number of benzene rings is 1. The quantitative estimate of drug-likeness (QED) is 0.487. The number of fused-ring (bicyclic) bond motifs is 1. The van der Waals surface area contributed by atoms with Crippen molar-refractivity contribution in [3.05, 3.63) is 39.8 Å². The Morgan fingerprint density at radius 1 is 1.13 bits per heavy atom. The fraction of sp³-hybridized carbons (Fsp3) is 0.381. The van der Waals surface area contributed by atoms with Crippen molar-refractivity contribution < 1.29 is 28.6 Å². The summed E-state index contributed by atoms with van der Waals surface area (Å²) < 4.78 is 15.7. The molecule has 8 nitrogen and oxygen atoms in total. The number of anilines is 1. The highest BCUT2D eigenvalue weighted by molar-refractivity contribution is 7.18. The van der Waals surface area contributed by atoms with Gasteiger partial charge in [0.05, 0.1) is 17.0 Å². The second-order valence-electron chi connectivity index (χ2n) is 6.61. The minimum atomic E-state index is -0.583. The number of nitrogens with one attached hydrogen (secondary N) is 2. The first kappa shape index (κ1) is 21.6. The normalized spacial score (nSPS) is 11.8. The first-order chi connectivity index (χ1) is 14.5. The van der Waals surface area contributed by atoms with Crippen LogP contribution in [0.5, 0.6) is 11.5 Å². The summed E-state index contributed by atoms with van der Waals surface area (Å²) in [4.78, 5) is 38.3. The van der Waals surface area contributed by atoms with Gasteiger partial charge >= 0.3 is 5.97 Å². The zero-order valence-corrected chi connectivity index (χ0v) is 17.9. The molecule has 160 valence electrons. The van der Waals surface area contributed by atoms with Gasteiger partial charge in [-0.25, -0.2) is 4.79 Å². The van der Waals surface area contributed by atoms with Crippen molar-refractivity contribution >= 4 is 34.1 Å². The van der Waals surface area contributed by atoms with Crippen molar-refractivity contribution in [3.8, 4) is 11.5 Å². The van der Waals surface area contributed by atoms with Gasteiger partial charge < -0.3 is 24.8 Å². The number of amides is 2. The van der Waals surface area contributed by atoms with Crippen LogP contribution in [-0.2, 0) is 4.74 Å². The van der Waals surface area contributed by atoms with E-state index in [4.69, 9.17) is 14.2 Å². The third kappa shape index (κ3) is 4.56. The van der Waals surface area contributed by atoms with Gasteiger partial charge in [0.2, 0.25) is 6.79 Å². The Balaban J connectivity index is 1.88. The van der Waals surface area contributed by atoms with Crippen LogP contribution in [0.2, 0.25) is 0 Å². The van der Waals surface area contributed by atoms with Crippen LogP contribution < -0.4 is 20.1 Å². The van der Waals surface area contributed by atoms with Crippen molar-refractivity contribution in [2.75, 3.05) is 25.3 Å². The molecular formula is C21H24N2O6S. The molecule has 0 aliphatic carbocycles. The molecule has 0 saturated heterocycles. The second-order valence-corrected chi connectivity index (χ2v) is 7.63. The molecule has 9 heteroatoms. The van der Waals surface area contributed by atoms with Gasteiger partial charge in [-0.3, -0.25) is 9.59 Å². The number of carbonyl (C=O) groups excluding carboxylic acids is 3. The molecule has 1 aromatic carbocycles. The fourth-order valence-electron chi connectivity index (χ4n) is 2.94. The van der Waals surface area contributed by atoms with E-state index in [1.807, 2.05) is 6.92 Å². The highest BCUT2D eigenvalue weighted by Crippen LogP contribution is 2.36. The molecule has 0 fully saturated rings. The third-order valence-corrected chi connectivity index (χ3v) is 5.72. The van der Waals surface area contributed by atoms with Gasteiger partial charge in [0.1, 0.15) is 5.00 Å². The van der Waals surface area contributed by atoms with Gasteiger partial charge in [-0.05, 0) is 44.0 Å². The molecule has 30 heavy (non-hydrogen) atoms. The van der Waals surface area contributed by atoms with Gasteiger partial charge in [0, 0.05) is 12.1 Å². The highest BCUT2D eigenvalue weighted by atomic mass is 32.1. The molecule has 1 aliphatic heterocycles. The Kier molecular flexibility index (Phi) is 6.94. The summed E-state index contributed by atoms with van der Waals surface area (Å²) in [5, 5.41) is 5.86. The molecule has 0 atom stereocenters. The van der Waals surface area contributed by atoms with Crippen LogP contribution in [0.25, 0.3) is 0 Å². The van der Waals surface area contributed by atoms with E-state index in [-0.39, 0.29) is 29.9 Å². The van der Waals surface area contributed by atoms with E-state index in [1.165, 1.54) is 0 Å². The number of esters is 1. The summed E-state index contributed by atoms with van der Waals surface area (Å²) in [6.07, 6.45) is 1.81. The fourth-order valence-corrected chi connectivity index (χ4v) is 4.05. The molecule has 2 aromatic rings. The van der Waals surface area contributed by atoms with Crippen LogP contribution in [0.4, 0.5) is 5.00 Å². The van der Waals surface area contributed by atoms with Gasteiger partial charge in [-0.15, -0.1) is 11.3 Å². The molecule has 0 spiro atoms. The van der Waals surface area contributed by atoms with Crippen molar-refractivity contribution in [2.24, 2.45) is 0 Å². The summed E-state index contributed by atoms with van der Waals surface area (Å²) >= 11 is 1.05. The maximum Gasteiger partial charge on any atom is 0.341 e. The smallest absolute Gasteiger partial charge is 0.341 e. The number of rotatable bonds is 8. The summed E-state index contributed by atoms with van der Waals surface area (Å²) in [7, 11) is 0. The lowest BCUT2D eigenvalue weighted by Crippen LogP contribution is -2.24. The summed E-state index contributed by atoms with van der Waals surface area (Å²) in [6, 6.07) is 4.82. The van der Waals surface area contributed by atoms with Crippen molar-refractivity contribution in [1.82, 2.24) is 5.32 Å². The number of thiophene rings is 1. The number of ether oxygens (including phenoxy) is 3. The Hall–Kier alpha value is -3.07. The predicted octanol–water partition coefficient (Wildman–Crippen LogP) is 3.74. The topological polar surface area (TPSA) is 103 Å². The zero-order chi connectivity index (χ0) is 21.7. The summed E-state index contributed by atoms with van der Waals surface area (Å²) in [5.74, 6) is -0.249. The van der Waals surface area contributed by atoms with E-state index in [2.05, 4.69) is 10.6 Å². The van der Waals surface area contributed by atoms with Crippen LogP contribution in [0.15, 0.2) is 18.2 Å². The average molecular weight is 432 g/mol. The molecule has 2 heterocycles. The summed E-state index contributed by atoms with van der Waals surface area (Å²) in [5.41, 5.74) is 1.01. The van der Waals surface area contributed by atoms with Gasteiger partial charge in [-0.1, -0.05) is 13.3 Å². The van der Waals surface area contributed by atoms with Crippen LogP contribution in [0.1, 0.15) is 62.6 Å². The Morgan fingerprint density at radius 2 is 1.90 bits per heavy atom. The van der Waals surface area contributed by atoms with E-state index < -0.39 is 11.9 Å². The van der Waals surface area contributed by atoms with E-state index >= 15 is 0 Å². The molecule has 0 unspecified atom stereocenters. The number of carbonyl (C=O) groups is 3. The van der Waals surface area contributed by atoms with Crippen LogP contribution in [-0.4, -0.2) is 37.7 Å². The molecule has 3 rings (SSSR count). The predicted molar refractivity (Wildman–Crippen MR) is 113 cm³/mol. The number of hydrogen-bond acceptors (Lipinski definition) is 7. The molecule has 1 aliphatic rings.